The van der Waals surface area contributed by atoms with Crippen LogP contribution in [0.1, 0.15) is 11.1 Å². The summed E-state index contributed by atoms with van der Waals surface area (Å²) in [5, 5.41) is 0. The molecule has 0 aliphatic rings. The van der Waals surface area contributed by atoms with E-state index in [0.717, 1.165) is 16.7 Å². The molecule has 0 spiro atoms. The van der Waals surface area contributed by atoms with Gasteiger partial charge in [-0.1, -0.05) is 36.4 Å². The zero-order valence-corrected chi connectivity index (χ0v) is 8.85. The normalized spacial score (nSPS) is 9.07. The molecule has 0 saturated carbocycles. The first kappa shape index (κ1) is 11.8. The molecule has 0 aliphatic carbocycles. The molecule has 0 heterocycles. The smallest absolute Gasteiger partial charge is 0.218 e. The number of hydrogen-bond acceptors (Lipinski definition) is 0. The zero-order chi connectivity index (χ0) is 9.80. The average molecular weight is 186 g/mol. The van der Waals surface area contributed by atoms with Crippen LogP contribution in [0.4, 0.5) is 0 Å². The first-order valence-corrected chi connectivity index (χ1v) is 4.61. The fourth-order valence-corrected chi connectivity index (χ4v) is 1.40. The van der Waals surface area contributed by atoms with Gasteiger partial charge in [-0.3, -0.25) is 0 Å². The fraction of sp³-hybridized carbons (Fsp3) is 0. The molecule has 2 rings (SSSR count). The van der Waals surface area contributed by atoms with Crippen molar-refractivity contribution in [2.45, 2.75) is 0 Å². The first-order valence-electron chi connectivity index (χ1n) is 4.61. The number of benzene rings is 2. The second-order valence-electron chi connectivity index (χ2n) is 3.15. The van der Waals surface area contributed by atoms with Crippen molar-refractivity contribution in [3.8, 4) is 0 Å². The molecule has 0 radical (unpaired) electrons. The molecule has 1 heteroatoms. The Balaban J connectivity index is 0.00000112. The van der Waals surface area contributed by atoms with Crippen LogP contribution in [-0.2, 0) is 0 Å². The Morgan fingerprint density at radius 3 is 1.33 bits per heavy atom. The Morgan fingerprint density at radius 2 is 1.00 bits per heavy atom. The van der Waals surface area contributed by atoms with E-state index in [1.54, 1.807) is 0 Å². The van der Waals surface area contributed by atoms with Crippen molar-refractivity contribution in [1.82, 2.24) is 0 Å². The Kier molecular flexibility index (Phi) is 4.43. The number of hydrogen-bond donors (Lipinski definition) is 0. The van der Waals surface area contributed by atoms with Gasteiger partial charge in [-0.25, -0.2) is 6.58 Å². The molecule has 0 bridgehead atoms. The van der Waals surface area contributed by atoms with E-state index in [1.807, 2.05) is 60.7 Å². The minimum absolute atomic E-state index is 0. The second kappa shape index (κ2) is 5.61. The van der Waals surface area contributed by atoms with Gasteiger partial charge in [-0.15, -0.1) is 35.4 Å². The van der Waals surface area contributed by atoms with Crippen LogP contribution in [-0.4, -0.2) is 0 Å². The molecule has 0 saturated heterocycles. The summed E-state index contributed by atoms with van der Waals surface area (Å²) in [6.07, 6.45) is 0. The zero-order valence-electron chi connectivity index (χ0n) is 8.85. The summed E-state index contributed by atoms with van der Waals surface area (Å²) < 4.78 is 0. The maximum Gasteiger partial charge on any atom is 1.00 e. The van der Waals surface area contributed by atoms with Gasteiger partial charge < -0.3 is 0 Å². The van der Waals surface area contributed by atoms with Crippen LogP contribution >= 0.6 is 0 Å². The molecule has 0 atom stereocenters. The van der Waals surface area contributed by atoms with E-state index in [1.165, 1.54) is 0 Å². The van der Waals surface area contributed by atoms with Crippen molar-refractivity contribution >= 4 is 5.57 Å². The van der Waals surface area contributed by atoms with E-state index in [0.29, 0.717) is 0 Å². The predicted octanol–water partition coefficient (Wildman–Crippen LogP) is 0.555. The van der Waals surface area contributed by atoms with Crippen LogP contribution in [0.2, 0.25) is 0 Å². The second-order valence-corrected chi connectivity index (χ2v) is 3.15. The average Bonchev–Trinajstić information content (AvgIpc) is 2.30. The van der Waals surface area contributed by atoms with E-state index < -0.39 is 0 Å². The van der Waals surface area contributed by atoms with Gasteiger partial charge in [0.2, 0.25) is 0 Å². The standard InChI is InChI=1S/C14H11.Li/c1-12(13-8-4-2-5-9-13)14-10-6-3-7-11-14;/h1-11H;/q-1;+1. The quantitative estimate of drug-likeness (QED) is 0.475. The van der Waals surface area contributed by atoms with Crippen LogP contribution in [0.15, 0.2) is 60.7 Å². The minimum Gasteiger partial charge on any atom is -0.218 e. The predicted molar refractivity (Wildman–Crippen MR) is 59.7 cm³/mol. The van der Waals surface area contributed by atoms with Gasteiger partial charge in [0, 0.05) is 0 Å². The van der Waals surface area contributed by atoms with Gasteiger partial charge in [0.25, 0.3) is 0 Å². The molecule has 68 valence electrons. The van der Waals surface area contributed by atoms with E-state index in [-0.39, 0.29) is 18.9 Å². The van der Waals surface area contributed by atoms with E-state index in [4.69, 9.17) is 6.58 Å². The monoisotopic (exact) mass is 186 g/mol. The van der Waals surface area contributed by atoms with Crippen molar-refractivity contribution in [3.05, 3.63) is 78.4 Å². The molecule has 0 aliphatic heterocycles. The van der Waals surface area contributed by atoms with Crippen LogP contribution in [0.25, 0.3) is 5.57 Å². The van der Waals surface area contributed by atoms with Gasteiger partial charge in [0.15, 0.2) is 0 Å². The van der Waals surface area contributed by atoms with E-state index in [9.17, 15) is 0 Å². The molecule has 0 nitrogen and oxygen atoms in total. The Labute approximate surface area is 103 Å². The molecule has 2 aromatic rings. The summed E-state index contributed by atoms with van der Waals surface area (Å²) in [6, 6.07) is 20.0. The summed E-state index contributed by atoms with van der Waals surface area (Å²) in [5.74, 6) is 0. The largest absolute Gasteiger partial charge is 1.00 e. The Morgan fingerprint density at radius 1 is 0.667 bits per heavy atom. The van der Waals surface area contributed by atoms with E-state index in [2.05, 4.69) is 0 Å². The van der Waals surface area contributed by atoms with Gasteiger partial charge in [0.05, 0.1) is 0 Å². The molecular weight excluding hydrogens is 175 g/mol. The maximum atomic E-state index is 6.03. The molecule has 15 heavy (non-hydrogen) atoms. The van der Waals surface area contributed by atoms with Crippen molar-refractivity contribution in [2.24, 2.45) is 0 Å². The van der Waals surface area contributed by atoms with Crippen molar-refractivity contribution in [2.75, 3.05) is 0 Å². The summed E-state index contributed by atoms with van der Waals surface area (Å²) >= 11 is 0. The van der Waals surface area contributed by atoms with Crippen LogP contribution in [0, 0.1) is 6.58 Å². The fourth-order valence-electron chi connectivity index (χ4n) is 1.40. The molecular formula is C14H11Li. The van der Waals surface area contributed by atoms with E-state index >= 15 is 0 Å². The molecule has 0 fully saturated rings. The van der Waals surface area contributed by atoms with Gasteiger partial charge in [0.1, 0.15) is 0 Å². The summed E-state index contributed by atoms with van der Waals surface area (Å²) in [6.45, 7) is 6.03. The van der Waals surface area contributed by atoms with Crippen molar-refractivity contribution in [3.63, 3.8) is 0 Å². The number of rotatable bonds is 2. The molecule has 0 unspecified atom stereocenters. The summed E-state index contributed by atoms with van der Waals surface area (Å²) in [5.41, 5.74) is 2.96. The van der Waals surface area contributed by atoms with Gasteiger partial charge in [-0.05, 0) is 0 Å². The molecule has 0 aromatic heterocycles. The summed E-state index contributed by atoms with van der Waals surface area (Å²) in [7, 11) is 0. The third-order valence-corrected chi connectivity index (χ3v) is 2.17. The maximum absolute atomic E-state index is 6.03. The van der Waals surface area contributed by atoms with Crippen LogP contribution < -0.4 is 18.9 Å². The molecule has 0 amide bonds. The van der Waals surface area contributed by atoms with Crippen molar-refractivity contribution in [1.29, 1.82) is 0 Å². The van der Waals surface area contributed by atoms with Crippen molar-refractivity contribution < 1.29 is 18.9 Å². The third kappa shape index (κ3) is 2.86. The SMILES string of the molecule is [CH-]=C(c1ccccc1)c1ccccc1.[Li+]. The summed E-state index contributed by atoms with van der Waals surface area (Å²) in [4.78, 5) is 0. The Bertz CT molecular complexity index is 376. The van der Waals surface area contributed by atoms with Crippen LogP contribution in [0.5, 0.6) is 0 Å². The Hall–Kier alpha value is -1.22. The van der Waals surface area contributed by atoms with Gasteiger partial charge in [-0.2, -0.15) is 5.57 Å². The first-order chi connectivity index (χ1) is 6.88. The minimum atomic E-state index is 0. The van der Waals surface area contributed by atoms with Crippen LogP contribution in [0.3, 0.4) is 0 Å². The molecule has 2 aromatic carbocycles. The third-order valence-electron chi connectivity index (χ3n) is 2.17. The molecule has 0 N–H and O–H groups in total. The van der Waals surface area contributed by atoms with Gasteiger partial charge >= 0.3 is 18.9 Å². The topological polar surface area (TPSA) is 0 Å².